The van der Waals surface area contributed by atoms with Crippen LogP contribution < -0.4 is 10.6 Å². The van der Waals surface area contributed by atoms with Gasteiger partial charge < -0.3 is 19.9 Å². The van der Waals surface area contributed by atoms with Gasteiger partial charge in [0, 0.05) is 24.5 Å². The molecule has 2 N–H and O–H groups in total. The van der Waals surface area contributed by atoms with Crippen LogP contribution in [-0.2, 0) is 4.74 Å². The molecule has 2 aromatic heterocycles. The normalized spacial score (nSPS) is 15.8. The standard InChI is InChI=1S/C22H23N5O2/c1-3-17(11-23-22(28)16-9-10-27(12-16)18-13-29-14-18)25-21-8-7-20(26-21)19-6-4-5-15(2)24-19/h4-7,9-10,12,18H,1,8,11,13-14H2,2H3,(H,23,28)(H,25,26). The van der Waals surface area contributed by atoms with Crippen LogP contribution in [0.3, 0.4) is 0 Å². The molecule has 0 saturated carbocycles. The summed E-state index contributed by atoms with van der Waals surface area (Å²) in [6, 6.07) is 8.00. The van der Waals surface area contributed by atoms with Crippen molar-refractivity contribution < 1.29 is 9.53 Å². The van der Waals surface area contributed by atoms with Gasteiger partial charge in [0.1, 0.15) is 5.84 Å². The molecule has 4 heterocycles. The maximum Gasteiger partial charge on any atom is 0.253 e. The largest absolute Gasteiger partial charge is 0.377 e. The minimum absolute atomic E-state index is 0.144. The van der Waals surface area contributed by atoms with Crippen LogP contribution in [0.4, 0.5) is 0 Å². The third-order valence-corrected chi connectivity index (χ3v) is 4.85. The molecule has 0 spiro atoms. The molecular weight excluding hydrogens is 366 g/mol. The van der Waals surface area contributed by atoms with Crippen molar-refractivity contribution in [1.82, 2.24) is 20.2 Å². The summed E-state index contributed by atoms with van der Waals surface area (Å²) in [5.41, 5.74) is 6.76. The molecule has 1 saturated heterocycles. The second-order valence-electron chi connectivity index (χ2n) is 7.02. The number of aliphatic imine (C=N–C) groups is 1. The van der Waals surface area contributed by atoms with E-state index >= 15 is 0 Å². The van der Waals surface area contributed by atoms with E-state index in [1.807, 2.05) is 54.2 Å². The molecule has 0 unspecified atom stereocenters. The van der Waals surface area contributed by atoms with Gasteiger partial charge in [-0.3, -0.25) is 9.78 Å². The number of amidine groups is 1. The molecule has 0 aliphatic carbocycles. The van der Waals surface area contributed by atoms with E-state index in [9.17, 15) is 4.79 Å². The van der Waals surface area contributed by atoms with Crippen LogP contribution in [0.1, 0.15) is 34.2 Å². The molecule has 29 heavy (non-hydrogen) atoms. The molecule has 2 aliphatic heterocycles. The van der Waals surface area contributed by atoms with Crippen LogP contribution in [0.25, 0.3) is 5.70 Å². The van der Waals surface area contributed by atoms with Gasteiger partial charge >= 0.3 is 0 Å². The number of hydrogen-bond donors (Lipinski definition) is 2. The maximum atomic E-state index is 12.4. The lowest BCUT2D eigenvalue weighted by Gasteiger charge is -2.27. The van der Waals surface area contributed by atoms with Crippen LogP contribution in [0, 0.1) is 6.92 Å². The summed E-state index contributed by atoms with van der Waals surface area (Å²) in [5, 5.41) is 6.10. The topological polar surface area (TPSA) is 80.5 Å². The van der Waals surface area contributed by atoms with Crippen molar-refractivity contribution in [3.63, 3.8) is 0 Å². The van der Waals surface area contributed by atoms with E-state index in [2.05, 4.69) is 32.9 Å². The predicted octanol–water partition coefficient (Wildman–Crippen LogP) is 2.59. The molecule has 4 rings (SSSR count). The van der Waals surface area contributed by atoms with Crippen LogP contribution in [0.15, 0.2) is 65.7 Å². The van der Waals surface area contributed by atoms with Gasteiger partial charge in [0.25, 0.3) is 5.91 Å². The Morgan fingerprint density at radius 2 is 2.24 bits per heavy atom. The number of aryl methyl sites for hydroxylation is 1. The number of amides is 1. The fraction of sp³-hybridized carbons (Fsp3) is 0.273. The van der Waals surface area contributed by atoms with E-state index < -0.39 is 0 Å². The number of nitrogens with zero attached hydrogens (tertiary/aromatic N) is 3. The first kappa shape index (κ1) is 18.9. The lowest BCUT2D eigenvalue weighted by atomic mass is 10.2. The molecule has 2 aromatic rings. The third kappa shape index (κ3) is 4.37. The average molecular weight is 389 g/mol. The summed E-state index contributed by atoms with van der Waals surface area (Å²) in [4.78, 5) is 21.5. The summed E-state index contributed by atoms with van der Waals surface area (Å²) in [5.74, 6) is 0.634. The number of aromatic nitrogens is 2. The van der Waals surface area contributed by atoms with E-state index in [1.54, 1.807) is 0 Å². The lowest BCUT2D eigenvalue weighted by molar-refractivity contribution is -0.0231. The van der Waals surface area contributed by atoms with Crippen molar-refractivity contribution in [2.24, 2.45) is 4.99 Å². The molecule has 2 aliphatic rings. The fourth-order valence-electron chi connectivity index (χ4n) is 3.12. The van der Waals surface area contributed by atoms with E-state index in [0.717, 1.165) is 22.9 Å². The summed E-state index contributed by atoms with van der Waals surface area (Å²) in [6.45, 7) is 7.34. The number of ether oxygens (including phenoxy) is 1. The van der Waals surface area contributed by atoms with E-state index in [4.69, 9.17) is 4.74 Å². The van der Waals surface area contributed by atoms with Gasteiger partial charge in [-0.25, -0.2) is 4.99 Å². The molecule has 148 valence electrons. The number of pyridine rings is 1. The highest BCUT2D eigenvalue weighted by Crippen LogP contribution is 2.20. The van der Waals surface area contributed by atoms with Gasteiger partial charge in [-0.2, -0.15) is 0 Å². The molecule has 0 aromatic carbocycles. The number of carbonyl (C=O) groups is 1. The second kappa shape index (κ2) is 8.31. The number of hydrogen-bond acceptors (Lipinski definition) is 5. The van der Waals surface area contributed by atoms with E-state index in [0.29, 0.717) is 36.9 Å². The molecule has 0 bridgehead atoms. The smallest absolute Gasteiger partial charge is 0.253 e. The van der Waals surface area contributed by atoms with Gasteiger partial charge in [0.15, 0.2) is 0 Å². The highest BCUT2D eigenvalue weighted by atomic mass is 16.5. The Hall–Kier alpha value is -3.41. The highest BCUT2D eigenvalue weighted by Gasteiger charge is 2.21. The summed E-state index contributed by atoms with van der Waals surface area (Å²) < 4.78 is 7.20. The molecular formula is C22H23N5O2. The zero-order valence-electron chi connectivity index (χ0n) is 16.3. The van der Waals surface area contributed by atoms with Gasteiger partial charge in [-0.1, -0.05) is 12.6 Å². The Kier molecular flexibility index (Phi) is 5.42. The zero-order valence-corrected chi connectivity index (χ0v) is 16.3. The van der Waals surface area contributed by atoms with Gasteiger partial charge in [-0.15, -0.1) is 5.73 Å². The van der Waals surface area contributed by atoms with Gasteiger partial charge in [-0.05, 0) is 31.2 Å². The third-order valence-electron chi connectivity index (χ3n) is 4.85. The molecule has 0 atom stereocenters. The quantitative estimate of drug-likeness (QED) is 0.744. The summed E-state index contributed by atoms with van der Waals surface area (Å²) in [7, 11) is 0. The first-order valence-electron chi connectivity index (χ1n) is 9.53. The minimum Gasteiger partial charge on any atom is -0.377 e. The first-order chi connectivity index (χ1) is 14.1. The van der Waals surface area contributed by atoms with E-state index in [1.165, 1.54) is 0 Å². The SMILES string of the molecule is C=C=C(CNC(=O)c1ccn(C2COC2)c1)NC1=NC(c2cccc(C)n2)=CC1. The Morgan fingerprint density at radius 3 is 2.97 bits per heavy atom. The lowest BCUT2D eigenvalue weighted by Crippen LogP contribution is -2.32. The summed E-state index contributed by atoms with van der Waals surface area (Å²) >= 11 is 0. The number of rotatable bonds is 6. The molecule has 1 fully saturated rings. The van der Waals surface area contributed by atoms with Crippen molar-refractivity contribution >= 4 is 17.4 Å². The highest BCUT2D eigenvalue weighted by molar-refractivity contribution is 5.96. The van der Waals surface area contributed by atoms with Crippen LogP contribution in [-0.4, -0.2) is 41.1 Å². The Bertz CT molecular complexity index is 1040. The van der Waals surface area contributed by atoms with Gasteiger partial charge in [0.2, 0.25) is 0 Å². The Labute approximate surface area is 169 Å². The number of nitrogens with one attached hydrogen (secondary N) is 2. The molecule has 1 amide bonds. The Morgan fingerprint density at radius 1 is 1.38 bits per heavy atom. The van der Waals surface area contributed by atoms with Crippen molar-refractivity contribution in [2.75, 3.05) is 19.8 Å². The maximum absolute atomic E-state index is 12.4. The molecule has 7 heteroatoms. The molecule has 0 radical (unpaired) electrons. The number of carbonyl (C=O) groups excluding carboxylic acids is 1. The van der Waals surface area contributed by atoms with Crippen molar-refractivity contribution in [1.29, 1.82) is 0 Å². The predicted molar refractivity (Wildman–Crippen MR) is 111 cm³/mol. The molecule has 7 nitrogen and oxygen atoms in total. The zero-order chi connectivity index (χ0) is 20.2. The van der Waals surface area contributed by atoms with Crippen LogP contribution >= 0.6 is 0 Å². The fourth-order valence-corrected chi connectivity index (χ4v) is 3.12. The summed E-state index contributed by atoms with van der Waals surface area (Å²) in [6.07, 6.45) is 6.44. The van der Waals surface area contributed by atoms with Crippen molar-refractivity contribution in [2.45, 2.75) is 19.4 Å². The van der Waals surface area contributed by atoms with E-state index in [-0.39, 0.29) is 12.5 Å². The van der Waals surface area contributed by atoms with Crippen molar-refractivity contribution in [3.8, 4) is 0 Å². The Balaban J connectivity index is 1.32. The van der Waals surface area contributed by atoms with Crippen LogP contribution in [0.2, 0.25) is 0 Å². The minimum atomic E-state index is -0.144. The first-order valence-corrected chi connectivity index (χ1v) is 9.53. The average Bonchev–Trinajstić information content (AvgIpc) is 3.33. The van der Waals surface area contributed by atoms with Gasteiger partial charge in [0.05, 0.1) is 48.5 Å². The van der Waals surface area contributed by atoms with Crippen LogP contribution in [0.5, 0.6) is 0 Å². The second-order valence-corrected chi connectivity index (χ2v) is 7.02. The monoisotopic (exact) mass is 389 g/mol. The van der Waals surface area contributed by atoms with Crippen molar-refractivity contribution in [3.05, 3.63) is 77.7 Å².